The van der Waals surface area contributed by atoms with Crippen LogP contribution in [0.25, 0.3) is 0 Å². The molecule has 0 unspecified atom stereocenters. The first-order valence-corrected chi connectivity index (χ1v) is 9.65. The van der Waals surface area contributed by atoms with E-state index in [1.54, 1.807) is 0 Å². The summed E-state index contributed by atoms with van der Waals surface area (Å²) in [4.78, 5) is -0.363. The third kappa shape index (κ3) is 3.53. The van der Waals surface area contributed by atoms with Crippen molar-refractivity contribution in [2.24, 2.45) is 0 Å². The summed E-state index contributed by atoms with van der Waals surface area (Å²) in [6, 6.07) is 4.91. The van der Waals surface area contributed by atoms with Crippen LogP contribution in [0.3, 0.4) is 0 Å². The van der Waals surface area contributed by atoms with Crippen molar-refractivity contribution in [3.05, 3.63) is 24.3 Å². The van der Waals surface area contributed by atoms with Crippen LogP contribution in [0.2, 0.25) is 0 Å². The van der Waals surface area contributed by atoms with Crippen molar-refractivity contribution in [1.29, 1.82) is 0 Å². The van der Waals surface area contributed by atoms with E-state index in [9.17, 15) is 16.8 Å². The van der Waals surface area contributed by atoms with Crippen molar-refractivity contribution in [2.45, 2.75) is 9.79 Å². The summed E-state index contributed by atoms with van der Waals surface area (Å²) in [5.74, 6) is 0. The summed E-state index contributed by atoms with van der Waals surface area (Å²) in [7, 11) is -7.66. The van der Waals surface area contributed by atoms with E-state index in [-0.39, 0.29) is 9.79 Å². The maximum absolute atomic E-state index is 11.8. The molecule has 102 valence electrons. The predicted molar refractivity (Wildman–Crippen MR) is 80.2 cm³/mol. The Bertz CT molecular complexity index is 590. The van der Waals surface area contributed by atoms with Crippen molar-refractivity contribution in [3.63, 3.8) is 0 Å². The minimum absolute atomic E-state index is 0.181. The highest BCUT2D eigenvalue weighted by molar-refractivity contribution is 9.23. The van der Waals surface area contributed by atoms with Gasteiger partial charge in [-0.3, -0.25) is 0 Å². The molecule has 0 heterocycles. The maximum atomic E-state index is 11.8. The first-order chi connectivity index (χ1) is 8.10. The lowest BCUT2D eigenvalue weighted by Crippen LogP contribution is -2.14. The van der Waals surface area contributed by atoms with Crippen LogP contribution in [-0.2, 0) is 20.0 Å². The molecule has 6 nitrogen and oxygen atoms in total. The molecule has 0 saturated heterocycles. The molecule has 0 atom stereocenters. The van der Waals surface area contributed by atoms with Crippen LogP contribution in [0.15, 0.2) is 34.1 Å². The Labute approximate surface area is 139 Å². The molecule has 18 heavy (non-hydrogen) atoms. The molecule has 0 radical (unpaired) electrons. The van der Waals surface area contributed by atoms with Crippen LogP contribution in [0, 0.1) is 0 Å². The minimum Gasteiger partial charge on any atom is -0.205 e. The molecule has 0 spiro atoms. The van der Waals surface area contributed by atoms with Gasteiger partial charge < -0.3 is 0 Å². The molecule has 0 saturated carbocycles. The Morgan fingerprint density at radius 3 is 1.39 bits per heavy atom. The molecule has 0 aliphatic carbocycles. The van der Waals surface area contributed by atoms with Crippen molar-refractivity contribution in [1.82, 2.24) is 4.71 Å². The Morgan fingerprint density at radius 1 is 0.778 bits per heavy atom. The zero-order valence-corrected chi connectivity index (χ0v) is 16.1. The van der Waals surface area contributed by atoms with Gasteiger partial charge in [-0.1, -0.05) is 10.8 Å². The quantitative estimate of drug-likeness (QED) is 0.540. The van der Waals surface area contributed by atoms with E-state index in [1.807, 2.05) is 0 Å². The molecule has 0 bridgehead atoms. The molecule has 0 fully saturated rings. The maximum Gasteiger partial charge on any atom is 0.262 e. The van der Waals surface area contributed by atoms with Crippen molar-refractivity contribution in [3.8, 4) is 0 Å². The Balaban J connectivity index is 3.42. The molecule has 1 rings (SSSR count). The van der Waals surface area contributed by atoms with Crippen LogP contribution >= 0.6 is 64.6 Å². The van der Waals surface area contributed by atoms with Gasteiger partial charge >= 0.3 is 0 Å². The van der Waals surface area contributed by atoms with Crippen LogP contribution < -0.4 is 0 Å². The molecule has 12 heteroatoms. The summed E-state index contributed by atoms with van der Waals surface area (Å²) in [5.41, 5.74) is 0. The minimum atomic E-state index is -3.83. The average molecular weight is 552 g/mol. The summed E-state index contributed by atoms with van der Waals surface area (Å²) in [6.07, 6.45) is 0. The van der Waals surface area contributed by atoms with Crippen LogP contribution in [-0.4, -0.2) is 21.6 Å². The summed E-state index contributed by atoms with van der Waals surface area (Å²) in [6.45, 7) is 0. The number of sulfonamides is 2. The molecule has 0 aliphatic rings. The van der Waals surface area contributed by atoms with Gasteiger partial charge in [0, 0.05) is 64.6 Å². The number of rotatable bonds is 4. The zero-order valence-electron chi connectivity index (χ0n) is 8.17. The summed E-state index contributed by atoms with van der Waals surface area (Å²) in [5, 5.41) is 0. The summed E-state index contributed by atoms with van der Waals surface area (Å²) >= 11 is 10.9. The number of halogens is 4. The highest BCUT2D eigenvalue weighted by Gasteiger charge is 2.25. The second-order valence-electron chi connectivity index (χ2n) is 2.83. The Kier molecular flexibility index (Phi) is 5.82. The van der Waals surface area contributed by atoms with Crippen molar-refractivity contribution in [2.75, 3.05) is 0 Å². The van der Waals surface area contributed by atoms with Crippen molar-refractivity contribution >= 4 is 84.6 Å². The van der Waals surface area contributed by atoms with Gasteiger partial charge in [-0.25, -0.2) is 16.8 Å². The van der Waals surface area contributed by atoms with E-state index < -0.39 is 20.0 Å². The summed E-state index contributed by atoms with van der Waals surface area (Å²) < 4.78 is 48.4. The van der Waals surface area contributed by atoms with Gasteiger partial charge in [0.25, 0.3) is 20.0 Å². The third-order valence-corrected chi connectivity index (χ3v) is 8.77. The Hall–Kier alpha value is 0.960. The molecular formula is C6H4Br4N2O4S2. The fraction of sp³-hybridized carbons (Fsp3) is 0. The monoisotopic (exact) mass is 548 g/mol. The van der Waals surface area contributed by atoms with E-state index in [0.717, 1.165) is 6.07 Å². The second-order valence-corrected chi connectivity index (χ2v) is 13.0. The average Bonchev–Trinajstić information content (AvgIpc) is 2.28. The van der Waals surface area contributed by atoms with Gasteiger partial charge in [-0.05, 0) is 18.2 Å². The van der Waals surface area contributed by atoms with Gasteiger partial charge in [-0.2, -0.15) is 0 Å². The van der Waals surface area contributed by atoms with Crippen molar-refractivity contribution < 1.29 is 16.8 Å². The van der Waals surface area contributed by atoms with Gasteiger partial charge in [-0.15, -0.1) is 0 Å². The number of benzene rings is 1. The van der Waals surface area contributed by atoms with E-state index in [2.05, 4.69) is 64.6 Å². The lowest BCUT2D eigenvalue weighted by atomic mass is 10.4. The van der Waals surface area contributed by atoms with Crippen LogP contribution in [0.4, 0.5) is 0 Å². The predicted octanol–water partition coefficient (Wildman–Crippen LogP) is 2.91. The second kappa shape index (κ2) is 6.16. The van der Waals surface area contributed by atoms with E-state index >= 15 is 0 Å². The fourth-order valence-corrected chi connectivity index (χ4v) is 4.41. The largest absolute Gasteiger partial charge is 0.262 e. The van der Waals surface area contributed by atoms with Gasteiger partial charge in [0.15, 0.2) is 0 Å². The van der Waals surface area contributed by atoms with Gasteiger partial charge in [0.2, 0.25) is 0 Å². The zero-order chi connectivity index (χ0) is 14.1. The first-order valence-electron chi connectivity index (χ1n) is 3.94. The third-order valence-electron chi connectivity index (χ3n) is 1.76. The molecular weight excluding hydrogens is 548 g/mol. The molecule has 0 aliphatic heterocycles. The van der Waals surface area contributed by atoms with E-state index in [1.165, 1.54) is 18.2 Å². The highest BCUT2D eigenvalue weighted by atomic mass is 79.9. The smallest absolute Gasteiger partial charge is 0.205 e. The van der Waals surface area contributed by atoms with E-state index in [0.29, 0.717) is 4.71 Å². The molecule has 1 aromatic carbocycles. The van der Waals surface area contributed by atoms with Crippen LogP contribution in [0.1, 0.15) is 0 Å². The number of nitrogens with zero attached hydrogens (tertiary/aromatic N) is 2. The van der Waals surface area contributed by atoms with Gasteiger partial charge in [0.1, 0.15) is 0 Å². The lowest BCUT2D eigenvalue weighted by Gasteiger charge is -2.10. The van der Waals surface area contributed by atoms with Gasteiger partial charge in [0.05, 0.1) is 9.79 Å². The van der Waals surface area contributed by atoms with Crippen LogP contribution in [0.5, 0.6) is 0 Å². The highest BCUT2D eigenvalue weighted by Crippen LogP contribution is 2.27. The number of hydrogen-bond acceptors (Lipinski definition) is 4. The lowest BCUT2D eigenvalue weighted by molar-refractivity contribution is 0.583. The molecule has 1 aromatic rings. The SMILES string of the molecule is O=S(=O)(c1cccc(S(=O)(=O)N(Br)Br)c1)N(Br)Br. The molecule has 0 amide bonds. The number of hydrogen-bond donors (Lipinski definition) is 0. The normalized spacial score (nSPS) is 13.2. The topological polar surface area (TPSA) is 74.8 Å². The first kappa shape index (κ1) is 17.0. The van der Waals surface area contributed by atoms with E-state index in [4.69, 9.17) is 0 Å². The standard InChI is InChI=1S/C6H4Br4N2O4S2/c7-11(8)17(13,14)5-2-1-3-6(4-5)18(15,16)12(9)10/h1-4H. The Morgan fingerprint density at radius 2 is 1.11 bits per heavy atom. The molecule has 0 N–H and O–H groups in total. The fourth-order valence-electron chi connectivity index (χ4n) is 0.954. The molecule has 0 aromatic heterocycles.